The number of thioether (sulfide) groups is 1. The maximum atomic E-state index is 13.1. The number of nitrogens with one attached hydrogen (secondary N) is 1. The lowest BCUT2D eigenvalue weighted by molar-refractivity contribution is -0.131. The number of aromatic amines is 1. The quantitative estimate of drug-likeness (QED) is 0.493. The van der Waals surface area contributed by atoms with E-state index < -0.39 is 0 Å². The van der Waals surface area contributed by atoms with Gasteiger partial charge in [0.15, 0.2) is 0 Å². The Labute approximate surface area is 185 Å². The second-order valence-electron chi connectivity index (χ2n) is 8.22. The monoisotopic (exact) mass is 434 g/mol. The van der Waals surface area contributed by atoms with Gasteiger partial charge < -0.3 is 9.88 Å². The fourth-order valence-electron chi connectivity index (χ4n) is 4.55. The minimum absolute atomic E-state index is 0.160. The maximum absolute atomic E-state index is 13.1. The largest absolute Gasteiger partial charge is 0.358 e. The molecule has 0 spiro atoms. The first-order valence-electron chi connectivity index (χ1n) is 10.7. The summed E-state index contributed by atoms with van der Waals surface area (Å²) in [4.78, 5) is 27.6. The smallest absolute Gasteiger partial charge is 0.253 e. The van der Waals surface area contributed by atoms with Crippen LogP contribution in [0, 0.1) is 13.8 Å². The van der Waals surface area contributed by atoms with Crippen LogP contribution >= 0.6 is 11.8 Å². The Morgan fingerprint density at radius 2 is 1.97 bits per heavy atom. The summed E-state index contributed by atoms with van der Waals surface area (Å²) < 4.78 is 1.75. The number of benzene rings is 1. The highest BCUT2D eigenvalue weighted by Gasteiger charge is 2.26. The van der Waals surface area contributed by atoms with E-state index in [1.807, 2.05) is 25.0 Å². The van der Waals surface area contributed by atoms with Crippen LogP contribution in [-0.4, -0.2) is 54.7 Å². The van der Waals surface area contributed by atoms with Gasteiger partial charge in [0.05, 0.1) is 6.42 Å². The molecule has 160 valence electrons. The number of likely N-dealkylation sites (tertiary alicyclic amines) is 1. The van der Waals surface area contributed by atoms with Crippen molar-refractivity contribution in [1.29, 1.82) is 0 Å². The number of para-hydroxylation sites is 1. The summed E-state index contributed by atoms with van der Waals surface area (Å²) in [5.41, 5.74) is 5.21. The lowest BCUT2D eigenvalue weighted by Crippen LogP contribution is -2.39. The van der Waals surface area contributed by atoms with Crippen LogP contribution in [0.5, 0.6) is 0 Å². The summed E-state index contributed by atoms with van der Waals surface area (Å²) >= 11 is 1.49. The highest BCUT2D eigenvalue weighted by Crippen LogP contribution is 2.30. The Bertz CT molecular complexity index is 1240. The lowest BCUT2D eigenvalue weighted by Gasteiger charge is -2.32. The van der Waals surface area contributed by atoms with E-state index in [2.05, 4.69) is 50.4 Å². The molecule has 31 heavy (non-hydrogen) atoms. The number of nitrogens with zero attached hydrogens (tertiary/aromatic N) is 5. The molecular weight excluding hydrogens is 408 g/mol. The molecule has 0 atom stereocenters. The van der Waals surface area contributed by atoms with E-state index in [-0.39, 0.29) is 5.91 Å². The molecule has 5 rings (SSSR count). The number of rotatable bonds is 4. The molecule has 3 aromatic heterocycles. The van der Waals surface area contributed by atoms with Crippen LogP contribution < -0.4 is 0 Å². The van der Waals surface area contributed by atoms with Gasteiger partial charge >= 0.3 is 0 Å². The van der Waals surface area contributed by atoms with Gasteiger partial charge in [-0.1, -0.05) is 30.0 Å². The number of aromatic nitrogens is 5. The molecule has 1 fully saturated rings. The van der Waals surface area contributed by atoms with E-state index in [4.69, 9.17) is 0 Å². The first-order valence-corrected chi connectivity index (χ1v) is 11.9. The van der Waals surface area contributed by atoms with Crippen molar-refractivity contribution in [2.24, 2.45) is 0 Å². The van der Waals surface area contributed by atoms with Crippen LogP contribution in [0.3, 0.4) is 0 Å². The Morgan fingerprint density at radius 1 is 1.19 bits per heavy atom. The third kappa shape index (κ3) is 3.69. The van der Waals surface area contributed by atoms with Crippen LogP contribution in [0.1, 0.15) is 41.4 Å². The molecule has 0 aliphatic carbocycles. The minimum atomic E-state index is 0.160. The number of amides is 1. The molecule has 0 radical (unpaired) electrons. The molecule has 1 N–H and O–H groups in total. The Hall–Kier alpha value is -2.87. The molecule has 7 nitrogen and oxygen atoms in total. The maximum Gasteiger partial charge on any atom is 0.253 e. The van der Waals surface area contributed by atoms with E-state index in [9.17, 15) is 4.79 Å². The predicted molar refractivity (Wildman–Crippen MR) is 123 cm³/mol. The number of fused-ring (bicyclic) bond motifs is 2. The molecule has 0 bridgehead atoms. The zero-order chi connectivity index (χ0) is 21.5. The first-order chi connectivity index (χ1) is 15.0. The molecule has 8 heteroatoms. The summed E-state index contributed by atoms with van der Waals surface area (Å²) in [7, 11) is 0. The second kappa shape index (κ2) is 8.00. The Kier molecular flexibility index (Phi) is 5.17. The van der Waals surface area contributed by atoms with Crippen molar-refractivity contribution in [2.75, 3.05) is 19.3 Å². The zero-order valence-electron chi connectivity index (χ0n) is 18.1. The van der Waals surface area contributed by atoms with E-state index in [0.717, 1.165) is 42.9 Å². The van der Waals surface area contributed by atoms with Crippen LogP contribution in [0.2, 0.25) is 0 Å². The molecule has 0 saturated carbocycles. The predicted octanol–water partition coefficient (Wildman–Crippen LogP) is 3.89. The SMILES string of the molecule is CSc1nc2nc(C)c(CC(=O)N3CCC(c4cc5ccccc5[nH]4)CC3)c(C)n2n1. The van der Waals surface area contributed by atoms with Gasteiger partial charge in [-0.25, -0.2) is 9.50 Å². The normalized spacial score (nSPS) is 15.3. The van der Waals surface area contributed by atoms with Crippen molar-refractivity contribution in [1.82, 2.24) is 29.5 Å². The molecule has 1 amide bonds. The molecule has 1 aliphatic rings. The summed E-state index contributed by atoms with van der Waals surface area (Å²) in [6.07, 6.45) is 4.26. The van der Waals surface area contributed by atoms with Gasteiger partial charge in [-0.05, 0) is 50.5 Å². The van der Waals surface area contributed by atoms with E-state index in [1.54, 1.807) is 4.52 Å². The fourth-order valence-corrected chi connectivity index (χ4v) is 4.89. The average molecular weight is 435 g/mol. The van der Waals surface area contributed by atoms with E-state index in [0.29, 0.717) is 23.3 Å². The van der Waals surface area contributed by atoms with Crippen molar-refractivity contribution in [3.63, 3.8) is 0 Å². The summed E-state index contributed by atoms with van der Waals surface area (Å²) in [5, 5.41) is 6.44. The molecule has 1 aromatic carbocycles. The van der Waals surface area contributed by atoms with Crippen molar-refractivity contribution < 1.29 is 4.79 Å². The highest BCUT2D eigenvalue weighted by atomic mass is 32.2. The standard InChI is InChI=1S/C23H26N6OS/c1-14-18(15(2)29-22(24-14)26-23(27-29)31-3)13-21(30)28-10-8-16(9-11-28)20-12-17-6-4-5-7-19(17)25-20/h4-7,12,16,25H,8-11,13H2,1-3H3. The van der Waals surface area contributed by atoms with E-state index >= 15 is 0 Å². The number of carbonyl (C=O) groups excluding carboxylic acids is 1. The number of hydrogen-bond donors (Lipinski definition) is 1. The van der Waals surface area contributed by atoms with Crippen LogP contribution in [0.4, 0.5) is 0 Å². The summed E-state index contributed by atoms with van der Waals surface area (Å²) in [6, 6.07) is 10.6. The Balaban J connectivity index is 1.28. The van der Waals surface area contributed by atoms with Gasteiger partial charge in [0.1, 0.15) is 0 Å². The van der Waals surface area contributed by atoms with Crippen molar-refractivity contribution >= 4 is 34.3 Å². The second-order valence-corrected chi connectivity index (χ2v) is 8.99. The number of carbonyl (C=O) groups is 1. The third-order valence-electron chi connectivity index (χ3n) is 6.38. The van der Waals surface area contributed by atoms with Gasteiger partial charge in [-0.15, -0.1) is 5.10 Å². The topological polar surface area (TPSA) is 79.2 Å². The van der Waals surface area contributed by atoms with Crippen LogP contribution in [-0.2, 0) is 11.2 Å². The first kappa shape index (κ1) is 20.1. The fraction of sp³-hybridized carbons (Fsp3) is 0.391. The van der Waals surface area contributed by atoms with Crippen LogP contribution in [0.15, 0.2) is 35.5 Å². The van der Waals surface area contributed by atoms with E-state index in [1.165, 1.54) is 28.4 Å². The van der Waals surface area contributed by atoms with Gasteiger partial charge in [0.2, 0.25) is 11.1 Å². The molecule has 0 unspecified atom stereocenters. The zero-order valence-corrected chi connectivity index (χ0v) is 18.9. The molecule has 4 aromatic rings. The highest BCUT2D eigenvalue weighted by molar-refractivity contribution is 7.98. The van der Waals surface area contributed by atoms with Gasteiger partial charge in [-0.3, -0.25) is 4.79 Å². The summed E-state index contributed by atoms with van der Waals surface area (Å²) in [5.74, 6) is 1.22. The average Bonchev–Trinajstić information content (AvgIpc) is 3.40. The van der Waals surface area contributed by atoms with Gasteiger partial charge in [0, 0.05) is 47.2 Å². The van der Waals surface area contributed by atoms with Gasteiger partial charge in [-0.2, -0.15) is 4.98 Å². The lowest BCUT2D eigenvalue weighted by atomic mass is 9.93. The number of piperidine rings is 1. The van der Waals surface area contributed by atoms with Crippen molar-refractivity contribution in [3.8, 4) is 0 Å². The van der Waals surface area contributed by atoms with Crippen molar-refractivity contribution in [2.45, 2.75) is 44.2 Å². The molecule has 1 aliphatic heterocycles. The van der Waals surface area contributed by atoms with Crippen molar-refractivity contribution in [3.05, 3.63) is 53.0 Å². The number of H-pyrrole nitrogens is 1. The third-order valence-corrected chi connectivity index (χ3v) is 6.92. The molecule has 4 heterocycles. The summed E-state index contributed by atoms with van der Waals surface area (Å²) in [6.45, 7) is 5.51. The number of aryl methyl sites for hydroxylation is 2. The van der Waals surface area contributed by atoms with Crippen LogP contribution in [0.25, 0.3) is 16.7 Å². The molecule has 1 saturated heterocycles. The number of hydrogen-bond acceptors (Lipinski definition) is 5. The molecular formula is C23H26N6OS. The minimum Gasteiger partial charge on any atom is -0.358 e. The Morgan fingerprint density at radius 3 is 2.71 bits per heavy atom. The van der Waals surface area contributed by atoms with Gasteiger partial charge in [0.25, 0.3) is 5.78 Å².